The van der Waals surface area contributed by atoms with Crippen molar-refractivity contribution in [3.63, 3.8) is 0 Å². The van der Waals surface area contributed by atoms with E-state index in [1.54, 1.807) is 0 Å². The second kappa shape index (κ2) is 7.13. The average molecular weight is 328 g/mol. The number of nitrogens with zero attached hydrogens (tertiary/aromatic N) is 2. The summed E-state index contributed by atoms with van der Waals surface area (Å²) in [6.45, 7) is 4.52. The highest BCUT2D eigenvalue weighted by atomic mass is 16.5. The summed E-state index contributed by atoms with van der Waals surface area (Å²) in [7, 11) is 0. The van der Waals surface area contributed by atoms with Gasteiger partial charge in [-0.05, 0) is 49.9 Å². The number of nitrogens with one attached hydrogen (secondary N) is 1. The smallest absolute Gasteiger partial charge is 0.257 e. The number of carbonyl (C=O) groups is 1. The molecule has 1 amide bonds. The fourth-order valence-electron chi connectivity index (χ4n) is 3.29. The molecular formula is C18H24N4O2. The lowest BCUT2D eigenvalue weighted by Crippen LogP contribution is -2.30. The van der Waals surface area contributed by atoms with Crippen LogP contribution in [0.1, 0.15) is 37.6 Å². The summed E-state index contributed by atoms with van der Waals surface area (Å²) in [4.78, 5) is 17.0. The van der Waals surface area contributed by atoms with Crippen LogP contribution >= 0.6 is 0 Å². The SMILES string of the molecule is CCc1noc(-c2ccc(C)c(NC(=O)[C@@H]3CCC[C@@H]3CN)c2)n1. The third-order valence-corrected chi connectivity index (χ3v) is 4.83. The Balaban J connectivity index is 1.80. The Morgan fingerprint density at radius 1 is 1.42 bits per heavy atom. The summed E-state index contributed by atoms with van der Waals surface area (Å²) in [5.41, 5.74) is 8.40. The minimum atomic E-state index is 0.00755. The first-order valence-electron chi connectivity index (χ1n) is 8.57. The zero-order valence-corrected chi connectivity index (χ0v) is 14.2. The number of hydrogen-bond donors (Lipinski definition) is 2. The maximum absolute atomic E-state index is 12.6. The molecule has 3 N–H and O–H groups in total. The standard InChI is InChI=1S/C18H24N4O2/c1-3-16-21-18(24-22-16)12-8-7-11(2)15(9-12)20-17(23)14-6-4-5-13(14)10-19/h7-9,13-14H,3-6,10,19H2,1-2H3,(H,20,23)/t13-,14-/m1/s1. The highest BCUT2D eigenvalue weighted by molar-refractivity contribution is 5.94. The Hall–Kier alpha value is -2.21. The molecule has 2 atom stereocenters. The molecule has 1 fully saturated rings. The Labute approximate surface area is 141 Å². The van der Waals surface area contributed by atoms with Crippen LogP contribution in [0.2, 0.25) is 0 Å². The minimum absolute atomic E-state index is 0.00755. The second-order valence-corrected chi connectivity index (χ2v) is 6.42. The molecule has 24 heavy (non-hydrogen) atoms. The van der Waals surface area contributed by atoms with Crippen LogP contribution in [0, 0.1) is 18.8 Å². The van der Waals surface area contributed by atoms with Crippen LogP contribution in [0.4, 0.5) is 5.69 Å². The molecular weight excluding hydrogens is 304 g/mol. The molecule has 1 saturated carbocycles. The van der Waals surface area contributed by atoms with Crippen molar-refractivity contribution in [2.24, 2.45) is 17.6 Å². The number of carbonyl (C=O) groups excluding carboxylic acids is 1. The van der Waals surface area contributed by atoms with Crippen LogP contribution in [-0.2, 0) is 11.2 Å². The molecule has 0 saturated heterocycles. The zero-order chi connectivity index (χ0) is 17.1. The molecule has 0 aliphatic heterocycles. The van der Waals surface area contributed by atoms with Gasteiger partial charge < -0.3 is 15.6 Å². The summed E-state index contributed by atoms with van der Waals surface area (Å²) in [6.07, 6.45) is 3.74. The highest BCUT2D eigenvalue weighted by Crippen LogP contribution is 2.32. The number of aromatic nitrogens is 2. The van der Waals surface area contributed by atoms with Crippen LogP contribution in [0.15, 0.2) is 22.7 Å². The predicted molar refractivity (Wildman–Crippen MR) is 92.4 cm³/mol. The Morgan fingerprint density at radius 3 is 2.96 bits per heavy atom. The molecule has 128 valence electrons. The number of aryl methyl sites for hydroxylation is 2. The van der Waals surface area contributed by atoms with E-state index in [9.17, 15) is 4.79 Å². The number of amides is 1. The van der Waals surface area contributed by atoms with E-state index in [2.05, 4.69) is 15.5 Å². The summed E-state index contributed by atoms with van der Waals surface area (Å²) >= 11 is 0. The van der Waals surface area contributed by atoms with Gasteiger partial charge in [0.2, 0.25) is 5.91 Å². The predicted octanol–water partition coefficient (Wildman–Crippen LogP) is 2.92. The number of rotatable bonds is 5. The summed E-state index contributed by atoms with van der Waals surface area (Å²) in [5, 5.41) is 6.98. The van der Waals surface area contributed by atoms with Crippen LogP contribution in [0.25, 0.3) is 11.5 Å². The van der Waals surface area contributed by atoms with E-state index in [4.69, 9.17) is 10.3 Å². The lowest BCUT2D eigenvalue weighted by molar-refractivity contribution is -0.120. The monoisotopic (exact) mass is 328 g/mol. The number of nitrogens with two attached hydrogens (primary N) is 1. The Kier molecular flexibility index (Phi) is 4.94. The average Bonchev–Trinajstić information content (AvgIpc) is 3.25. The third kappa shape index (κ3) is 3.33. The topological polar surface area (TPSA) is 94.0 Å². The van der Waals surface area contributed by atoms with Gasteiger partial charge in [-0.15, -0.1) is 0 Å². The fourth-order valence-corrected chi connectivity index (χ4v) is 3.29. The van der Waals surface area contributed by atoms with E-state index in [0.717, 1.165) is 42.5 Å². The third-order valence-electron chi connectivity index (χ3n) is 4.83. The first-order chi connectivity index (χ1) is 11.6. The van der Waals surface area contributed by atoms with Gasteiger partial charge >= 0.3 is 0 Å². The molecule has 2 aromatic rings. The van der Waals surface area contributed by atoms with E-state index in [1.807, 2.05) is 32.0 Å². The van der Waals surface area contributed by atoms with E-state index in [-0.39, 0.29) is 17.7 Å². The molecule has 0 spiro atoms. The van der Waals surface area contributed by atoms with Crippen molar-refractivity contribution in [3.8, 4) is 11.5 Å². The van der Waals surface area contributed by atoms with E-state index < -0.39 is 0 Å². The molecule has 1 aromatic heterocycles. The van der Waals surface area contributed by atoms with E-state index in [1.165, 1.54) is 0 Å². The summed E-state index contributed by atoms with van der Waals surface area (Å²) < 4.78 is 5.29. The van der Waals surface area contributed by atoms with Gasteiger partial charge in [0.1, 0.15) is 0 Å². The van der Waals surface area contributed by atoms with Gasteiger partial charge in [0.25, 0.3) is 5.89 Å². The molecule has 1 aliphatic rings. The van der Waals surface area contributed by atoms with Crippen molar-refractivity contribution < 1.29 is 9.32 Å². The van der Waals surface area contributed by atoms with Gasteiger partial charge in [0.15, 0.2) is 5.82 Å². The van der Waals surface area contributed by atoms with Crippen LogP contribution < -0.4 is 11.1 Å². The molecule has 0 radical (unpaired) electrons. The quantitative estimate of drug-likeness (QED) is 0.880. The summed E-state index contributed by atoms with van der Waals surface area (Å²) in [6, 6.07) is 5.78. The molecule has 0 unspecified atom stereocenters. The fraction of sp³-hybridized carbons (Fsp3) is 0.500. The molecule has 1 aromatic carbocycles. The number of anilines is 1. The van der Waals surface area contributed by atoms with Gasteiger partial charge in [0, 0.05) is 23.6 Å². The first-order valence-corrected chi connectivity index (χ1v) is 8.57. The van der Waals surface area contributed by atoms with Crippen molar-refractivity contribution in [1.29, 1.82) is 0 Å². The number of benzene rings is 1. The van der Waals surface area contributed by atoms with Crippen molar-refractivity contribution in [1.82, 2.24) is 10.1 Å². The van der Waals surface area contributed by atoms with E-state index in [0.29, 0.717) is 18.3 Å². The Bertz CT molecular complexity index is 726. The van der Waals surface area contributed by atoms with Gasteiger partial charge in [-0.1, -0.05) is 24.6 Å². The zero-order valence-electron chi connectivity index (χ0n) is 14.2. The van der Waals surface area contributed by atoms with Crippen LogP contribution in [0.3, 0.4) is 0 Å². The normalized spacial score (nSPS) is 20.3. The lowest BCUT2D eigenvalue weighted by Gasteiger charge is -2.18. The lowest BCUT2D eigenvalue weighted by atomic mass is 9.95. The second-order valence-electron chi connectivity index (χ2n) is 6.42. The number of hydrogen-bond acceptors (Lipinski definition) is 5. The first kappa shape index (κ1) is 16.6. The molecule has 1 heterocycles. The van der Waals surface area contributed by atoms with Gasteiger partial charge in [-0.3, -0.25) is 4.79 Å². The highest BCUT2D eigenvalue weighted by Gasteiger charge is 2.32. The van der Waals surface area contributed by atoms with Gasteiger partial charge in [-0.2, -0.15) is 4.98 Å². The molecule has 6 nitrogen and oxygen atoms in total. The molecule has 0 bridgehead atoms. The molecule has 6 heteroatoms. The Morgan fingerprint density at radius 2 is 2.25 bits per heavy atom. The molecule has 1 aliphatic carbocycles. The van der Waals surface area contributed by atoms with Crippen molar-refractivity contribution in [3.05, 3.63) is 29.6 Å². The largest absolute Gasteiger partial charge is 0.334 e. The maximum atomic E-state index is 12.6. The maximum Gasteiger partial charge on any atom is 0.257 e. The van der Waals surface area contributed by atoms with Gasteiger partial charge in [0.05, 0.1) is 0 Å². The molecule has 3 rings (SSSR count). The van der Waals surface area contributed by atoms with Crippen molar-refractivity contribution >= 4 is 11.6 Å². The van der Waals surface area contributed by atoms with Crippen LogP contribution in [0.5, 0.6) is 0 Å². The minimum Gasteiger partial charge on any atom is -0.334 e. The van der Waals surface area contributed by atoms with Crippen LogP contribution in [-0.4, -0.2) is 22.6 Å². The van der Waals surface area contributed by atoms with Gasteiger partial charge in [-0.25, -0.2) is 0 Å². The van der Waals surface area contributed by atoms with Crippen molar-refractivity contribution in [2.45, 2.75) is 39.5 Å². The van der Waals surface area contributed by atoms with Crippen molar-refractivity contribution in [2.75, 3.05) is 11.9 Å². The van der Waals surface area contributed by atoms with E-state index >= 15 is 0 Å². The summed E-state index contributed by atoms with van der Waals surface area (Å²) in [5.74, 6) is 1.50.